The molecule has 0 saturated heterocycles. The number of anilines is 1. The van der Waals surface area contributed by atoms with Crippen LogP contribution in [0, 0.1) is 22.7 Å². The van der Waals surface area contributed by atoms with Crippen LogP contribution in [0.4, 0.5) is 5.69 Å². The lowest BCUT2D eigenvalue weighted by atomic mass is 9.79. The van der Waals surface area contributed by atoms with Gasteiger partial charge in [-0.25, -0.2) is 0 Å². The molecule has 6 heteroatoms. The van der Waals surface area contributed by atoms with Crippen LogP contribution in [0.3, 0.4) is 0 Å². The predicted octanol–water partition coefficient (Wildman–Crippen LogP) is 4.70. The van der Waals surface area contributed by atoms with Crippen molar-refractivity contribution in [2.45, 2.75) is 5.92 Å². The number of ether oxygens (including phenoxy) is 1. The van der Waals surface area contributed by atoms with E-state index in [9.17, 15) is 5.26 Å². The summed E-state index contributed by atoms with van der Waals surface area (Å²) in [5.74, 6) is -0.598. The van der Waals surface area contributed by atoms with Crippen molar-refractivity contribution in [3.8, 4) is 11.8 Å². The lowest BCUT2D eigenvalue weighted by molar-refractivity contribution is 0.450. The standard InChI is InChI=1S/C18H15Cl2N3O/c1-23(2)11-4-6-13-16(8-11)24-18(22)14(9-21)17(13)12-5-3-10(19)7-15(12)20/h3-8,14,17,22H,1-2H3. The lowest BCUT2D eigenvalue weighted by Gasteiger charge is -2.31. The van der Waals surface area contributed by atoms with E-state index in [0.717, 1.165) is 16.8 Å². The summed E-state index contributed by atoms with van der Waals surface area (Å²) in [5.41, 5.74) is 2.56. The topological polar surface area (TPSA) is 60.1 Å². The van der Waals surface area contributed by atoms with Gasteiger partial charge in [0.2, 0.25) is 5.90 Å². The lowest BCUT2D eigenvalue weighted by Crippen LogP contribution is -2.31. The van der Waals surface area contributed by atoms with Gasteiger partial charge >= 0.3 is 0 Å². The number of fused-ring (bicyclic) bond motifs is 1. The van der Waals surface area contributed by atoms with Crippen molar-refractivity contribution in [1.82, 2.24) is 0 Å². The van der Waals surface area contributed by atoms with E-state index in [0.29, 0.717) is 15.8 Å². The van der Waals surface area contributed by atoms with E-state index < -0.39 is 5.92 Å². The predicted molar refractivity (Wildman–Crippen MR) is 96.5 cm³/mol. The summed E-state index contributed by atoms with van der Waals surface area (Å²) in [6.07, 6.45) is 0. The fraction of sp³-hybridized carbons (Fsp3) is 0.222. The summed E-state index contributed by atoms with van der Waals surface area (Å²) < 4.78 is 5.61. The molecule has 1 aliphatic heterocycles. The minimum atomic E-state index is -0.735. The van der Waals surface area contributed by atoms with Crippen molar-refractivity contribution < 1.29 is 4.74 Å². The fourth-order valence-electron chi connectivity index (χ4n) is 2.89. The Hall–Kier alpha value is -2.22. The Morgan fingerprint density at radius 2 is 1.83 bits per heavy atom. The number of hydrogen-bond acceptors (Lipinski definition) is 4. The third kappa shape index (κ3) is 2.82. The molecule has 2 aromatic carbocycles. The van der Waals surface area contributed by atoms with Crippen LogP contribution in [-0.2, 0) is 0 Å². The molecule has 0 saturated carbocycles. The quantitative estimate of drug-likeness (QED) is 0.844. The Balaban J connectivity index is 2.20. The third-order valence-electron chi connectivity index (χ3n) is 4.12. The van der Waals surface area contributed by atoms with E-state index in [-0.39, 0.29) is 11.8 Å². The summed E-state index contributed by atoms with van der Waals surface area (Å²) in [6, 6.07) is 13.1. The molecule has 1 aliphatic rings. The molecule has 0 amide bonds. The molecular formula is C18H15Cl2N3O. The molecular weight excluding hydrogens is 345 g/mol. The van der Waals surface area contributed by atoms with Gasteiger partial charge in [-0.05, 0) is 23.8 Å². The van der Waals surface area contributed by atoms with Crippen molar-refractivity contribution in [2.24, 2.45) is 5.92 Å². The first-order valence-electron chi connectivity index (χ1n) is 7.34. The molecule has 0 fully saturated rings. The second-order valence-corrected chi connectivity index (χ2v) is 6.68. The molecule has 1 N–H and O–H groups in total. The largest absolute Gasteiger partial charge is 0.442 e. The highest BCUT2D eigenvalue weighted by Crippen LogP contribution is 2.45. The van der Waals surface area contributed by atoms with Crippen molar-refractivity contribution in [3.63, 3.8) is 0 Å². The molecule has 122 valence electrons. The summed E-state index contributed by atoms with van der Waals surface area (Å²) in [7, 11) is 3.86. The van der Waals surface area contributed by atoms with Crippen LogP contribution in [0.5, 0.6) is 5.75 Å². The summed E-state index contributed by atoms with van der Waals surface area (Å²) >= 11 is 12.4. The van der Waals surface area contributed by atoms with Gasteiger partial charge in [0.05, 0.1) is 6.07 Å². The van der Waals surface area contributed by atoms with Gasteiger partial charge in [-0.3, -0.25) is 5.41 Å². The van der Waals surface area contributed by atoms with Crippen molar-refractivity contribution in [2.75, 3.05) is 19.0 Å². The van der Waals surface area contributed by atoms with Crippen LogP contribution in [0.25, 0.3) is 0 Å². The molecule has 2 unspecified atom stereocenters. The van der Waals surface area contributed by atoms with Crippen LogP contribution in [-0.4, -0.2) is 20.0 Å². The monoisotopic (exact) mass is 359 g/mol. The number of halogens is 2. The zero-order valence-electron chi connectivity index (χ0n) is 13.2. The van der Waals surface area contributed by atoms with Crippen LogP contribution < -0.4 is 9.64 Å². The molecule has 0 aromatic heterocycles. The van der Waals surface area contributed by atoms with Crippen molar-refractivity contribution in [1.29, 1.82) is 10.7 Å². The zero-order chi connectivity index (χ0) is 17.4. The van der Waals surface area contributed by atoms with E-state index in [1.165, 1.54) is 0 Å². The van der Waals surface area contributed by atoms with Gasteiger partial charge in [-0.15, -0.1) is 0 Å². The average molecular weight is 360 g/mol. The Morgan fingerprint density at radius 3 is 2.46 bits per heavy atom. The second kappa shape index (κ2) is 6.35. The molecule has 0 radical (unpaired) electrons. The normalized spacial score (nSPS) is 19.2. The highest BCUT2D eigenvalue weighted by atomic mass is 35.5. The number of hydrogen-bond donors (Lipinski definition) is 1. The van der Waals surface area contributed by atoms with Crippen LogP contribution in [0.1, 0.15) is 17.0 Å². The number of nitrogens with one attached hydrogen (secondary N) is 1. The van der Waals surface area contributed by atoms with Crippen LogP contribution in [0.2, 0.25) is 10.0 Å². The highest BCUT2D eigenvalue weighted by molar-refractivity contribution is 6.35. The smallest absolute Gasteiger partial charge is 0.205 e. The summed E-state index contributed by atoms with van der Waals surface area (Å²) in [5, 5.41) is 18.7. The maximum absolute atomic E-state index is 9.56. The van der Waals surface area contributed by atoms with Crippen LogP contribution >= 0.6 is 23.2 Å². The van der Waals surface area contributed by atoms with Gasteiger partial charge in [0.15, 0.2) is 0 Å². The van der Waals surface area contributed by atoms with Crippen LogP contribution in [0.15, 0.2) is 36.4 Å². The van der Waals surface area contributed by atoms with Crippen molar-refractivity contribution in [3.05, 3.63) is 57.6 Å². The Kier molecular flexibility index (Phi) is 4.40. The number of nitriles is 1. The van der Waals surface area contributed by atoms with Crippen molar-refractivity contribution >= 4 is 34.8 Å². The maximum Gasteiger partial charge on any atom is 0.205 e. The molecule has 0 bridgehead atoms. The average Bonchev–Trinajstić information content (AvgIpc) is 2.53. The van der Waals surface area contributed by atoms with Gasteiger partial charge in [0.1, 0.15) is 11.7 Å². The van der Waals surface area contributed by atoms with E-state index in [1.807, 2.05) is 43.3 Å². The molecule has 2 atom stereocenters. The SMILES string of the molecule is CN(C)c1ccc2c(c1)OC(=N)C(C#N)C2c1ccc(Cl)cc1Cl. The molecule has 1 heterocycles. The van der Waals surface area contributed by atoms with Gasteiger partial charge in [-0.2, -0.15) is 5.26 Å². The van der Waals surface area contributed by atoms with E-state index >= 15 is 0 Å². The van der Waals surface area contributed by atoms with Gasteiger partial charge in [0.25, 0.3) is 0 Å². The molecule has 3 rings (SSSR count). The first-order chi connectivity index (χ1) is 11.4. The number of nitrogens with zero attached hydrogens (tertiary/aromatic N) is 2. The molecule has 2 aromatic rings. The fourth-order valence-corrected chi connectivity index (χ4v) is 3.42. The Bertz CT molecular complexity index is 858. The minimum absolute atomic E-state index is 0.0723. The zero-order valence-corrected chi connectivity index (χ0v) is 14.7. The molecule has 0 spiro atoms. The first-order valence-corrected chi connectivity index (χ1v) is 8.10. The van der Waals surface area contributed by atoms with Gasteiger partial charge in [-0.1, -0.05) is 35.3 Å². The molecule has 24 heavy (non-hydrogen) atoms. The Morgan fingerprint density at radius 1 is 1.12 bits per heavy atom. The van der Waals surface area contributed by atoms with E-state index in [1.54, 1.807) is 12.1 Å². The first kappa shape index (κ1) is 16.6. The van der Waals surface area contributed by atoms with E-state index in [4.69, 9.17) is 33.3 Å². The summed E-state index contributed by atoms with van der Waals surface area (Å²) in [4.78, 5) is 1.95. The maximum atomic E-state index is 9.56. The van der Waals surface area contributed by atoms with E-state index in [2.05, 4.69) is 6.07 Å². The number of benzene rings is 2. The molecule has 4 nitrogen and oxygen atoms in total. The second-order valence-electron chi connectivity index (χ2n) is 5.83. The van der Waals surface area contributed by atoms with Gasteiger partial charge in [0, 0.05) is 47.4 Å². The summed E-state index contributed by atoms with van der Waals surface area (Å²) in [6.45, 7) is 0. The minimum Gasteiger partial charge on any atom is -0.442 e. The molecule has 0 aliphatic carbocycles. The van der Waals surface area contributed by atoms with Gasteiger partial charge < -0.3 is 9.64 Å². The highest BCUT2D eigenvalue weighted by Gasteiger charge is 2.38. The third-order valence-corrected chi connectivity index (χ3v) is 4.68. The number of rotatable bonds is 2. The Labute approximate surface area is 150 Å².